The Kier molecular flexibility index (Phi) is 7.70. The van der Waals surface area contributed by atoms with Crippen LogP contribution >= 0.6 is 0 Å². The normalized spacial score (nSPS) is 27.6. The second-order valence-electron chi connectivity index (χ2n) is 8.38. The molecule has 3 rings (SSSR count). The van der Waals surface area contributed by atoms with E-state index in [1.807, 2.05) is 0 Å². The Balaban J connectivity index is 2.29. The van der Waals surface area contributed by atoms with Crippen LogP contribution in [0.3, 0.4) is 0 Å². The second kappa shape index (κ2) is 9.89. The smallest absolute Gasteiger partial charge is 0.433 e. The van der Waals surface area contributed by atoms with Gasteiger partial charge in [0, 0.05) is 6.07 Å². The lowest BCUT2D eigenvalue weighted by Crippen LogP contribution is -2.56. The predicted molar refractivity (Wildman–Crippen MR) is 103 cm³/mol. The standard InChI is InChI=1S/C21H9F17N2O2/c22-8-1-4(39)11(24)15(17(8,28)20(33,34)35)41-6-3-7(13(26)14(27)10(6)19(30,31)32)42-16-12(25)5(40)2-9(23)18(16,29)21(36,37)38/h1-3,15-16H,39-40H2. The highest BCUT2D eigenvalue weighted by molar-refractivity contribution is 5.48. The van der Waals surface area contributed by atoms with Crippen LogP contribution in [0.4, 0.5) is 74.6 Å². The second-order valence-corrected chi connectivity index (χ2v) is 8.38. The van der Waals surface area contributed by atoms with E-state index in [0.29, 0.717) is 0 Å². The predicted octanol–water partition coefficient (Wildman–Crippen LogP) is 7.03. The summed E-state index contributed by atoms with van der Waals surface area (Å²) in [5.74, 6) is -22.7. The molecule has 0 spiro atoms. The maximum Gasteiger partial charge on any atom is 0.433 e. The average molecular weight is 644 g/mol. The minimum Gasteiger partial charge on any atom is -0.478 e. The summed E-state index contributed by atoms with van der Waals surface area (Å²) in [4.78, 5) is 0. The highest BCUT2D eigenvalue weighted by Crippen LogP contribution is 2.53. The zero-order chi connectivity index (χ0) is 32.5. The molecule has 234 valence electrons. The maximum absolute atomic E-state index is 14.9. The van der Waals surface area contributed by atoms with Gasteiger partial charge in [0.25, 0.3) is 11.3 Å². The molecule has 1 aromatic rings. The molecule has 21 heteroatoms. The van der Waals surface area contributed by atoms with E-state index in [9.17, 15) is 74.6 Å². The minimum atomic E-state index is -6.56. The number of allylic oxidation sites excluding steroid dienone is 2. The van der Waals surface area contributed by atoms with Crippen molar-refractivity contribution >= 4 is 0 Å². The fourth-order valence-corrected chi connectivity index (χ4v) is 3.63. The summed E-state index contributed by atoms with van der Waals surface area (Å²) < 4.78 is 245. The van der Waals surface area contributed by atoms with Gasteiger partial charge in [0.2, 0.25) is 18.0 Å². The van der Waals surface area contributed by atoms with Crippen molar-refractivity contribution in [1.29, 1.82) is 0 Å². The fraction of sp³-hybridized carbons (Fsp3) is 0.333. The number of halogens is 17. The summed E-state index contributed by atoms with van der Waals surface area (Å²) in [6.45, 7) is 0. The molecule has 0 aliphatic heterocycles. The molecule has 0 amide bonds. The minimum absolute atomic E-state index is 0.552. The van der Waals surface area contributed by atoms with E-state index in [1.54, 1.807) is 0 Å². The number of nitrogens with two attached hydrogens (primary N) is 2. The molecule has 0 saturated heterocycles. The highest BCUT2D eigenvalue weighted by Gasteiger charge is 2.70. The molecular weight excluding hydrogens is 635 g/mol. The van der Waals surface area contributed by atoms with Gasteiger partial charge >= 0.3 is 18.5 Å². The van der Waals surface area contributed by atoms with Crippen molar-refractivity contribution < 1.29 is 84.1 Å². The molecule has 0 saturated carbocycles. The Morgan fingerprint density at radius 3 is 1.29 bits per heavy atom. The molecule has 0 fully saturated rings. The van der Waals surface area contributed by atoms with Crippen LogP contribution in [0.5, 0.6) is 11.5 Å². The molecule has 4 nitrogen and oxygen atoms in total. The SMILES string of the molecule is NC1=C(F)C(Oc2cc(OC3C(F)=C(N)C=C(F)C3(F)C(F)(F)F)c(C(F)(F)F)c(F)c2F)C(F)(C(F)(F)F)C(F)=C1. The van der Waals surface area contributed by atoms with Crippen molar-refractivity contribution in [3.63, 3.8) is 0 Å². The summed E-state index contributed by atoms with van der Waals surface area (Å²) in [6, 6.07) is -0.839. The summed E-state index contributed by atoms with van der Waals surface area (Å²) in [6.07, 6.45) is -28.8. The molecule has 2 aliphatic carbocycles. The van der Waals surface area contributed by atoms with E-state index in [-0.39, 0.29) is 0 Å². The lowest BCUT2D eigenvalue weighted by atomic mass is 9.89. The molecule has 4 N–H and O–H groups in total. The van der Waals surface area contributed by atoms with Crippen molar-refractivity contribution in [2.24, 2.45) is 11.5 Å². The summed E-state index contributed by atoms with van der Waals surface area (Å²) >= 11 is 0. The molecule has 4 atom stereocenters. The van der Waals surface area contributed by atoms with Crippen molar-refractivity contribution in [1.82, 2.24) is 0 Å². The first-order valence-electron chi connectivity index (χ1n) is 10.3. The number of ether oxygens (including phenoxy) is 2. The van der Waals surface area contributed by atoms with Gasteiger partial charge in [0.15, 0.2) is 34.9 Å². The van der Waals surface area contributed by atoms with Crippen LogP contribution in [0.25, 0.3) is 0 Å². The Morgan fingerprint density at radius 1 is 0.595 bits per heavy atom. The lowest BCUT2D eigenvalue weighted by molar-refractivity contribution is -0.244. The summed E-state index contributed by atoms with van der Waals surface area (Å²) in [7, 11) is 0. The molecular formula is C21H9F17N2O2. The largest absolute Gasteiger partial charge is 0.478 e. The van der Waals surface area contributed by atoms with Gasteiger partial charge in [-0.1, -0.05) is 0 Å². The summed E-state index contributed by atoms with van der Waals surface area (Å²) in [5.41, 5.74) is -8.10. The van der Waals surface area contributed by atoms with E-state index in [1.165, 1.54) is 0 Å². The van der Waals surface area contributed by atoms with Crippen molar-refractivity contribution in [3.8, 4) is 11.5 Å². The average Bonchev–Trinajstić information content (AvgIpc) is 2.82. The number of rotatable bonds is 4. The fourth-order valence-electron chi connectivity index (χ4n) is 3.63. The van der Waals surface area contributed by atoms with Crippen molar-refractivity contribution in [3.05, 3.63) is 70.1 Å². The van der Waals surface area contributed by atoms with Gasteiger partial charge < -0.3 is 20.9 Å². The number of hydrogen-bond acceptors (Lipinski definition) is 4. The monoisotopic (exact) mass is 644 g/mol. The van der Waals surface area contributed by atoms with E-state index >= 15 is 0 Å². The molecule has 0 heterocycles. The van der Waals surface area contributed by atoms with E-state index in [2.05, 4.69) is 9.47 Å². The molecule has 0 radical (unpaired) electrons. The quantitative estimate of drug-likeness (QED) is 0.346. The van der Waals surface area contributed by atoms with Crippen LogP contribution in [-0.2, 0) is 6.18 Å². The van der Waals surface area contributed by atoms with Crippen molar-refractivity contribution in [2.75, 3.05) is 0 Å². The van der Waals surface area contributed by atoms with Gasteiger partial charge in [-0.15, -0.1) is 0 Å². The first-order chi connectivity index (χ1) is 18.8. The van der Waals surface area contributed by atoms with Gasteiger partial charge in [-0.25, -0.2) is 30.7 Å². The number of benzene rings is 1. The third-order valence-corrected chi connectivity index (χ3v) is 5.73. The molecule has 4 unspecified atom stereocenters. The Hall–Kier alpha value is -3.81. The van der Waals surface area contributed by atoms with Gasteiger partial charge in [0.05, 0.1) is 11.4 Å². The molecule has 42 heavy (non-hydrogen) atoms. The summed E-state index contributed by atoms with van der Waals surface area (Å²) in [5, 5.41) is 0. The third kappa shape index (κ3) is 4.84. The van der Waals surface area contributed by atoms with Crippen LogP contribution in [0.15, 0.2) is 52.9 Å². The zero-order valence-corrected chi connectivity index (χ0v) is 19.3. The first kappa shape index (κ1) is 32.7. The zero-order valence-electron chi connectivity index (χ0n) is 19.3. The van der Waals surface area contributed by atoms with E-state index < -0.39 is 124 Å². The Morgan fingerprint density at radius 2 is 0.952 bits per heavy atom. The van der Waals surface area contributed by atoms with Crippen LogP contribution in [0.2, 0.25) is 0 Å². The van der Waals surface area contributed by atoms with E-state index in [0.717, 1.165) is 0 Å². The Labute approximate surface area is 220 Å². The molecule has 0 aromatic heterocycles. The van der Waals surface area contributed by atoms with Gasteiger partial charge in [-0.05, 0) is 12.2 Å². The highest BCUT2D eigenvalue weighted by atomic mass is 19.4. The molecule has 1 aromatic carbocycles. The van der Waals surface area contributed by atoms with Crippen molar-refractivity contribution in [2.45, 2.75) is 42.1 Å². The maximum atomic E-state index is 14.9. The molecule has 0 bridgehead atoms. The molecule has 2 aliphatic rings. The van der Waals surface area contributed by atoms with Crippen LogP contribution in [0.1, 0.15) is 5.56 Å². The first-order valence-corrected chi connectivity index (χ1v) is 10.3. The Bertz CT molecular complexity index is 1420. The van der Waals surface area contributed by atoms with E-state index in [4.69, 9.17) is 11.5 Å². The van der Waals surface area contributed by atoms with Gasteiger partial charge in [0.1, 0.15) is 11.3 Å². The third-order valence-electron chi connectivity index (χ3n) is 5.73. The van der Waals surface area contributed by atoms with Crippen LogP contribution in [-0.4, -0.2) is 35.9 Å². The number of alkyl halides is 11. The van der Waals surface area contributed by atoms with Crippen LogP contribution in [0, 0.1) is 11.6 Å². The van der Waals surface area contributed by atoms with Gasteiger partial charge in [-0.3, -0.25) is 0 Å². The van der Waals surface area contributed by atoms with Gasteiger partial charge in [-0.2, -0.15) is 43.9 Å². The van der Waals surface area contributed by atoms with Crippen LogP contribution < -0.4 is 20.9 Å². The number of hydrogen-bond donors (Lipinski definition) is 2. The lowest BCUT2D eigenvalue weighted by Gasteiger charge is -2.37. The topological polar surface area (TPSA) is 70.5 Å².